The van der Waals surface area contributed by atoms with E-state index in [2.05, 4.69) is 0 Å². The second-order valence-corrected chi connectivity index (χ2v) is 7.68. The molecular weight excluding hydrogens is 423 g/mol. The molecule has 0 bridgehead atoms. The van der Waals surface area contributed by atoms with Gasteiger partial charge in [0.2, 0.25) is 0 Å². The Morgan fingerprint density at radius 2 is 1.42 bits per heavy atom. The Balaban J connectivity index is 1.88. The summed E-state index contributed by atoms with van der Waals surface area (Å²) in [5.41, 5.74) is 2.06. The van der Waals surface area contributed by atoms with Crippen molar-refractivity contribution in [2.45, 2.75) is 6.92 Å². The number of urea groups is 1. The largest absolute Gasteiger partial charge is 0.457 e. The number of hydrogen-bond acceptors (Lipinski definition) is 4. The lowest BCUT2D eigenvalue weighted by atomic mass is 9.94. The summed E-state index contributed by atoms with van der Waals surface area (Å²) in [6, 6.07) is 19.8. The number of halogens is 1. The molecule has 0 aliphatic carbocycles. The Kier molecular flexibility index (Phi) is 5.79. The van der Waals surface area contributed by atoms with Gasteiger partial charge in [-0.05, 0) is 71.7 Å². The second-order valence-electron chi connectivity index (χ2n) is 7.68. The number of allylic oxidation sites excluding steroid dienone is 1. The van der Waals surface area contributed by atoms with Crippen molar-refractivity contribution in [3.63, 3.8) is 0 Å². The Morgan fingerprint density at radius 3 is 2.06 bits per heavy atom. The van der Waals surface area contributed by atoms with Crippen LogP contribution < -0.4 is 4.74 Å². The lowest BCUT2D eigenvalue weighted by Gasteiger charge is -2.30. The third-order valence-electron chi connectivity index (χ3n) is 5.46. The number of nitrogens with zero attached hydrogens (tertiary/aromatic N) is 2. The van der Waals surface area contributed by atoms with Crippen LogP contribution in [-0.2, 0) is 9.59 Å². The molecule has 1 fully saturated rings. The minimum atomic E-state index is -0.692. The molecule has 33 heavy (non-hydrogen) atoms. The quantitative estimate of drug-likeness (QED) is 0.414. The number of barbiturate groups is 1. The number of amides is 4. The summed E-state index contributed by atoms with van der Waals surface area (Å²) >= 11 is 0. The van der Waals surface area contributed by atoms with Gasteiger partial charge in [-0.15, -0.1) is 0 Å². The van der Waals surface area contributed by atoms with Crippen LogP contribution >= 0.6 is 0 Å². The number of ether oxygens (including phenoxy) is 1. The first-order valence-electron chi connectivity index (χ1n) is 10.2. The standard InChI is InChI=1S/C26H21FN2O4/c1-16(23-24(30)28(2)26(32)29(3)25(23)31)18-12-19(17-8-7-9-20(27)13-17)15-22(14-18)33-21-10-5-4-6-11-21/h4-15H,1-3H3. The summed E-state index contributed by atoms with van der Waals surface area (Å²) < 4.78 is 19.9. The maximum Gasteiger partial charge on any atom is 0.333 e. The molecule has 1 saturated heterocycles. The summed E-state index contributed by atoms with van der Waals surface area (Å²) in [6.45, 7) is 1.64. The molecule has 3 aromatic rings. The molecule has 0 saturated carbocycles. The molecule has 1 aliphatic heterocycles. The highest BCUT2D eigenvalue weighted by atomic mass is 19.1. The number of hydrogen-bond donors (Lipinski definition) is 0. The van der Waals surface area contributed by atoms with E-state index in [-0.39, 0.29) is 5.57 Å². The molecule has 6 nitrogen and oxygen atoms in total. The van der Waals surface area contributed by atoms with Crippen LogP contribution in [0.15, 0.2) is 78.4 Å². The molecule has 4 rings (SSSR count). The summed E-state index contributed by atoms with van der Waals surface area (Å²) in [4.78, 5) is 39.5. The summed E-state index contributed by atoms with van der Waals surface area (Å²) in [5.74, 6) is -0.700. The van der Waals surface area contributed by atoms with E-state index in [1.54, 1.807) is 49.4 Å². The third kappa shape index (κ3) is 4.25. The van der Waals surface area contributed by atoms with Gasteiger partial charge in [0.25, 0.3) is 11.8 Å². The Morgan fingerprint density at radius 1 is 0.758 bits per heavy atom. The number of imide groups is 2. The smallest absolute Gasteiger partial charge is 0.333 e. The molecule has 0 atom stereocenters. The molecule has 1 aliphatic rings. The van der Waals surface area contributed by atoms with Gasteiger partial charge in [0, 0.05) is 14.1 Å². The van der Waals surface area contributed by atoms with Crippen molar-refractivity contribution >= 4 is 23.4 Å². The first-order chi connectivity index (χ1) is 15.8. The van der Waals surface area contributed by atoms with Gasteiger partial charge in [-0.3, -0.25) is 19.4 Å². The highest BCUT2D eigenvalue weighted by molar-refractivity contribution is 6.31. The minimum Gasteiger partial charge on any atom is -0.457 e. The van der Waals surface area contributed by atoms with Gasteiger partial charge in [0.15, 0.2) is 0 Å². The molecule has 0 spiro atoms. The predicted octanol–water partition coefficient (Wildman–Crippen LogP) is 5.11. The topological polar surface area (TPSA) is 66.9 Å². The number of likely N-dealkylation sites (N-methyl/N-ethyl adjacent to an activating group) is 2. The van der Waals surface area contributed by atoms with Crippen molar-refractivity contribution in [2.24, 2.45) is 0 Å². The van der Waals surface area contributed by atoms with Crippen LogP contribution in [0.5, 0.6) is 11.5 Å². The summed E-state index contributed by atoms with van der Waals surface area (Å²) in [5, 5.41) is 0. The van der Waals surface area contributed by atoms with E-state index in [9.17, 15) is 18.8 Å². The van der Waals surface area contributed by atoms with Crippen molar-refractivity contribution in [1.82, 2.24) is 9.80 Å². The van der Waals surface area contributed by atoms with Crippen molar-refractivity contribution in [1.29, 1.82) is 0 Å². The zero-order valence-electron chi connectivity index (χ0n) is 18.3. The van der Waals surface area contributed by atoms with Crippen LogP contribution in [0.3, 0.4) is 0 Å². The van der Waals surface area contributed by atoms with Gasteiger partial charge in [-0.1, -0.05) is 30.3 Å². The molecule has 4 amide bonds. The van der Waals surface area contributed by atoms with E-state index in [1.165, 1.54) is 26.2 Å². The van der Waals surface area contributed by atoms with Crippen LogP contribution in [0.2, 0.25) is 0 Å². The number of para-hydroxylation sites is 1. The van der Waals surface area contributed by atoms with Crippen LogP contribution in [0.25, 0.3) is 16.7 Å². The average molecular weight is 444 g/mol. The Hall–Kier alpha value is -4.26. The van der Waals surface area contributed by atoms with Gasteiger partial charge in [-0.2, -0.15) is 0 Å². The molecule has 7 heteroatoms. The van der Waals surface area contributed by atoms with E-state index in [4.69, 9.17) is 4.74 Å². The Bertz CT molecular complexity index is 1270. The fourth-order valence-electron chi connectivity index (χ4n) is 3.62. The molecule has 0 N–H and O–H groups in total. The zero-order valence-corrected chi connectivity index (χ0v) is 18.3. The maximum atomic E-state index is 13.9. The normalized spacial score (nSPS) is 14.1. The van der Waals surface area contributed by atoms with E-state index >= 15 is 0 Å². The van der Waals surface area contributed by atoms with E-state index < -0.39 is 23.7 Å². The van der Waals surface area contributed by atoms with Crippen LogP contribution in [-0.4, -0.2) is 41.7 Å². The predicted molar refractivity (Wildman–Crippen MR) is 122 cm³/mol. The van der Waals surface area contributed by atoms with E-state index in [1.807, 2.05) is 18.2 Å². The van der Waals surface area contributed by atoms with Crippen molar-refractivity contribution in [3.05, 3.63) is 89.8 Å². The van der Waals surface area contributed by atoms with Gasteiger partial charge < -0.3 is 4.74 Å². The van der Waals surface area contributed by atoms with Gasteiger partial charge in [-0.25, -0.2) is 9.18 Å². The third-order valence-corrected chi connectivity index (χ3v) is 5.46. The average Bonchev–Trinajstić information content (AvgIpc) is 2.82. The fourth-order valence-corrected chi connectivity index (χ4v) is 3.62. The summed E-state index contributed by atoms with van der Waals surface area (Å²) in [6.07, 6.45) is 0. The lowest BCUT2D eigenvalue weighted by molar-refractivity contribution is -0.134. The molecule has 3 aromatic carbocycles. The fraction of sp³-hybridized carbons (Fsp3) is 0.115. The number of carbonyl (C=O) groups is 3. The number of carbonyl (C=O) groups excluding carboxylic acids is 3. The summed E-state index contributed by atoms with van der Waals surface area (Å²) in [7, 11) is 2.65. The molecule has 0 aromatic heterocycles. The first-order valence-corrected chi connectivity index (χ1v) is 10.2. The molecule has 1 heterocycles. The van der Waals surface area contributed by atoms with Crippen LogP contribution in [0.1, 0.15) is 12.5 Å². The highest BCUT2D eigenvalue weighted by Crippen LogP contribution is 2.34. The van der Waals surface area contributed by atoms with Crippen molar-refractivity contribution in [2.75, 3.05) is 14.1 Å². The van der Waals surface area contributed by atoms with Gasteiger partial charge in [0.05, 0.1) is 0 Å². The lowest BCUT2D eigenvalue weighted by Crippen LogP contribution is -2.53. The molecule has 0 unspecified atom stereocenters. The molecule has 166 valence electrons. The Labute approximate surface area is 190 Å². The SMILES string of the molecule is CC(=C1C(=O)N(C)C(=O)N(C)C1=O)c1cc(Oc2ccccc2)cc(-c2cccc(F)c2)c1. The van der Waals surface area contributed by atoms with E-state index in [0.717, 1.165) is 9.80 Å². The maximum absolute atomic E-state index is 13.9. The second kappa shape index (κ2) is 8.70. The van der Waals surface area contributed by atoms with Gasteiger partial charge in [0.1, 0.15) is 22.9 Å². The van der Waals surface area contributed by atoms with Crippen molar-refractivity contribution in [3.8, 4) is 22.6 Å². The van der Waals surface area contributed by atoms with Crippen LogP contribution in [0.4, 0.5) is 9.18 Å². The minimum absolute atomic E-state index is 0.110. The van der Waals surface area contributed by atoms with E-state index in [0.29, 0.717) is 33.8 Å². The van der Waals surface area contributed by atoms with Crippen LogP contribution in [0, 0.1) is 5.82 Å². The highest BCUT2D eigenvalue weighted by Gasteiger charge is 2.39. The molecular formula is C26H21FN2O4. The van der Waals surface area contributed by atoms with Gasteiger partial charge >= 0.3 is 6.03 Å². The number of rotatable bonds is 4. The first kappa shape index (κ1) is 22.0. The monoisotopic (exact) mass is 444 g/mol. The van der Waals surface area contributed by atoms with Crippen molar-refractivity contribution < 1.29 is 23.5 Å². The molecule has 0 radical (unpaired) electrons. The number of benzene rings is 3. The zero-order chi connectivity index (χ0) is 23.7.